The van der Waals surface area contributed by atoms with E-state index in [-0.39, 0.29) is 11.4 Å². The highest BCUT2D eigenvalue weighted by molar-refractivity contribution is 9.10. The Hall–Kier alpha value is -1.03. The van der Waals surface area contributed by atoms with Crippen LogP contribution in [0.5, 0.6) is 0 Å². The van der Waals surface area contributed by atoms with Gasteiger partial charge in [-0.2, -0.15) is 0 Å². The molecule has 0 aromatic heterocycles. The van der Waals surface area contributed by atoms with Crippen molar-refractivity contribution < 1.29 is 9.53 Å². The number of carbonyl (C=O) groups is 1. The molecule has 0 spiro atoms. The summed E-state index contributed by atoms with van der Waals surface area (Å²) in [6.45, 7) is 0.718. The minimum absolute atomic E-state index is 0.0735. The molecule has 1 saturated carbocycles. The summed E-state index contributed by atoms with van der Waals surface area (Å²) in [6, 6.07) is 8.11. The molecule has 1 aromatic carbocycles. The number of hydrogen-bond acceptors (Lipinski definition) is 3. The maximum absolute atomic E-state index is 11.9. The van der Waals surface area contributed by atoms with Crippen molar-refractivity contribution in [2.75, 3.05) is 25.6 Å². The van der Waals surface area contributed by atoms with Crippen LogP contribution < -0.4 is 4.90 Å². The summed E-state index contributed by atoms with van der Waals surface area (Å²) < 4.78 is 5.99. The molecule has 0 bridgehead atoms. The van der Waals surface area contributed by atoms with Crippen LogP contribution in [0.15, 0.2) is 28.7 Å². The molecular formula is C14H18BrNO2. The number of nitrogens with zero attached hydrogens (tertiary/aromatic N) is 1. The van der Waals surface area contributed by atoms with Crippen LogP contribution in [0, 0.1) is 5.41 Å². The van der Waals surface area contributed by atoms with Crippen LogP contribution in [-0.4, -0.2) is 26.7 Å². The Morgan fingerprint density at radius 1 is 1.50 bits per heavy atom. The first kappa shape index (κ1) is 13.4. The fourth-order valence-corrected chi connectivity index (χ4v) is 2.89. The number of halogens is 1. The summed E-state index contributed by atoms with van der Waals surface area (Å²) >= 11 is 3.47. The van der Waals surface area contributed by atoms with Crippen LogP contribution in [0.3, 0.4) is 0 Å². The summed E-state index contributed by atoms with van der Waals surface area (Å²) in [5.41, 5.74) is 0.811. The lowest BCUT2D eigenvalue weighted by Crippen LogP contribution is -2.47. The van der Waals surface area contributed by atoms with E-state index in [1.165, 1.54) is 7.11 Å². The van der Waals surface area contributed by atoms with Crippen molar-refractivity contribution in [2.24, 2.45) is 5.41 Å². The zero-order valence-electron chi connectivity index (χ0n) is 10.8. The van der Waals surface area contributed by atoms with E-state index in [4.69, 9.17) is 4.74 Å². The largest absolute Gasteiger partial charge is 0.469 e. The van der Waals surface area contributed by atoms with E-state index in [1.807, 2.05) is 19.2 Å². The van der Waals surface area contributed by atoms with Crippen molar-refractivity contribution in [3.63, 3.8) is 0 Å². The predicted octanol–water partition coefficient (Wildman–Crippen LogP) is 3.23. The van der Waals surface area contributed by atoms with Crippen molar-refractivity contribution in [1.82, 2.24) is 0 Å². The Morgan fingerprint density at radius 3 is 2.72 bits per heavy atom. The Kier molecular flexibility index (Phi) is 3.95. The van der Waals surface area contributed by atoms with Crippen molar-refractivity contribution in [1.29, 1.82) is 0 Å². The number of esters is 1. The Bertz CT molecular complexity index is 443. The molecule has 0 unspecified atom stereocenters. The number of benzene rings is 1. The van der Waals surface area contributed by atoms with E-state index in [2.05, 4.69) is 33.0 Å². The number of carbonyl (C=O) groups excluding carboxylic acids is 1. The van der Waals surface area contributed by atoms with E-state index in [1.54, 1.807) is 0 Å². The van der Waals surface area contributed by atoms with Gasteiger partial charge in [0.2, 0.25) is 0 Å². The molecule has 98 valence electrons. The molecule has 0 atom stereocenters. The van der Waals surface area contributed by atoms with Gasteiger partial charge >= 0.3 is 5.97 Å². The normalized spacial score (nSPS) is 16.8. The van der Waals surface area contributed by atoms with Crippen LogP contribution in [0.1, 0.15) is 19.3 Å². The van der Waals surface area contributed by atoms with Gasteiger partial charge in [-0.1, -0.05) is 28.4 Å². The fourth-order valence-electron chi connectivity index (χ4n) is 2.51. The zero-order chi connectivity index (χ0) is 13.2. The van der Waals surface area contributed by atoms with Gasteiger partial charge in [-0.15, -0.1) is 0 Å². The average molecular weight is 312 g/mol. The Balaban J connectivity index is 2.11. The van der Waals surface area contributed by atoms with E-state index in [0.29, 0.717) is 0 Å². The number of anilines is 1. The van der Waals surface area contributed by atoms with Gasteiger partial charge in [0.1, 0.15) is 0 Å². The molecule has 1 aliphatic carbocycles. The molecule has 2 rings (SSSR count). The van der Waals surface area contributed by atoms with E-state index in [9.17, 15) is 4.79 Å². The number of rotatable bonds is 4. The highest BCUT2D eigenvalue weighted by Gasteiger charge is 2.46. The van der Waals surface area contributed by atoms with Gasteiger partial charge in [-0.05, 0) is 31.0 Å². The summed E-state index contributed by atoms with van der Waals surface area (Å²) in [5.74, 6) is -0.0735. The first-order valence-corrected chi connectivity index (χ1v) is 6.92. The third-order valence-corrected chi connectivity index (χ3v) is 4.21. The van der Waals surface area contributed by atoms with Gasteiger partial charge in [0.15, 0.2) is 0 Å². The number of ether oxygens (including phenoxy) is 1. The van der Waals surface area contributed by atoms with E-state index in [0.717, 1.165) is 36.0 Å². The van der Waals surface area contributed by atoms with Gasteiger partial charge in [-0.25, -0.2) is 0 Å². The first-order valence-electron chi connectivity index (χ1n) is 6.12. The van der Waals surface area contributed by atoms with Crippen molar-refractivity contribution >= 4 is 27.6 Å². The second kappa shape index (κ2) is 5.31. The highest BCUT2D eigenvalue weighted by Crippen LogP contribution is 2.43. The molecule has 1 fully saturated rings. The Labute approximate surface area is 116 Å². The summed E-state index contributed by atoms with van der Waals surface area (Å²) in [6.07, 6.45) is 2.97. The molecule has 3 nitrogen and oxygen atoms in total. The lowest BCUT2D eigenvalue weighted by molar-refractivity contribution is -0.157. The number of methoxy groups -OCH3 is 1. The molecule has 1 aromatic rings. The SMILES string of the molecule is COC(=O)C1(CN(C)c2cccc(Br)c2)CCC1. The minimum atomic E-state index is -0.300. The lowest BCUT2D eigenvalue weighted by atomic mass is 9.68. The molecule has 4 heteroatoms. The standard InChI is InChI=1S/C14H18BrNO2/c1-16(12-6-3-5-11(15)9-12)10-14(7-4-8-14)13(17)18-2/h3,5-6,9H,4,7-8,10H2,1-2H3. The monoisotopic (exact) mass is 311 g/mol. The number of hydrogen-bond donors (Lipinski definition) is 0. The molecule has 0 heterocycles. The van der Waals surface area contributed by atoms with Crippen molar-refractivity contribution in [3.05, 3.63) is 28.7 Å². The van der Waals surface area contributed by atoms with Gasteiger partial charge in [0.25, 0.3) is 0 Å². The third kappa shape index (κ3) is 2.53. The molecular weight excluding hydrogens is 294 g/mol. The maximum atomic E-state index is 11.9. The molecule has 18 heavy (non-hydrogen) atoms. The zero-order valence-corrected chi connectivity index (χ0v) is 12.4. The van der Waals surface area contributed by atoms with Crippen molar-refractivity contribution in [2.45, 2.75) is 19.3 Å². The molecule has 0 N–H and O–H groups in total. The van der Waals surface area contributed by atoms with E-state index < -0.39 is 0 Å². The van der Waals surface area contributed by atoms with Gasteiger partial charge < -0.3 is 9.64 Å². The molecule has 1 aliphatic rings. The minimum Gasteiger partial charge on any atom is -0.469 e. The van der Waals surface area contributed by atoms with Crippen LogP contribution >= 0.6 is 15.9 Å². The maximum Gasteiger partial charge on any atom is 0.313 e. The van der Waals surface area contributed by atoms with E-state index >= 15 is 0 Å². The summed E-state index contributed by atoms with van der Waals surface area (Å²) in [5, 5.41) is 0. The second-order valence-electron chi connectivity index (χ2n) is 4.96. The second-order valence-corrected chi connectivity index (χ2v) is 5.88. The average Bonchev–Trinajstić information content (AvgIpc) is 2.32. The smallest absolute Gasteiger partial charge is 0.313 e. The third-order valence-electron chi connectivity index (χ3n) is 3.72. The molecule has 0 aliphatic heterocycles. The Morgan fingerprint density at radius 2 is 2.22 bits per heavy atom. The van der Waals surface area contributed by atoms with Gasteiger partial charge in [0.05, 0.1) is 12.5 Å². The van der Waals surface area contributed by atoms with Crippen LogP contribution in [0.2, 0.25) is 0 Å². The fraction of sp³-hybridized carbons (Fsp3) is 0.500. The quantitative estimate of drug-likeness (QED) is 0.800. The summed E-state index contributed by atoms with van der Waals surface area (Å²) in [7, 11) is 3.49. The first-order chi connectivity index (χ1) is 8.57. The van der Waals surface area contributed by atoms with Gasteiger partial charge in [0, 0.05) is 23.8 Å². The lowest BCUT2D eigenvalue weighted by Gasteiger charge is -2.42. The molecule has 0 radical (unpaired) electrons. The van der Waals surface area contributed by atoms with Crippen LogP contribution in [0.25, 0.3) is 0 Å². The topological polar surface area (TPSA) is 29.5 Å². The molecule has 0 amide bonds. The van der Waals surface area contributed by atoms with Gasteiger partial charge in [-0.3, -0.25) is 4.79 Å². The van der Waals surface area contributed by atoms with Crippen molar-refractivity contribution in [3.8, 4) is 0 Å². The van der Waals surface area contributed by atoms with Crippen LogP contribution in [-0.2, 0) is 9.53 Å². The highest BCUT2D eigenvalue weighted by atomic mass is 79.9. The molecule has 0 saturated heterocycles. The summed E-state index contributed by atoms with van der Waals surface area (Å²) in [4.78, 5) is 14.0. The van der Waals surface area contributed by atoms with Crippen LogP contribution in [0.4, 0.5) is 5.69 Å². The predicted molar refractivity (Wildman–Crippen MR) is 75.7 cm³/mol.